The summed E-state index contributed by atoms with van der Waals surface area (Å²) in [5.74, 6) is 0.251. The van der Waals surface area contributed by atoms with Crippen LogP contribution in [0.2, 0.25) is 0 Å². The van der Waals surface area contributed by atoms with E-state index in [4.69, 9.17) is 4.74 Å². The first-order chi connectivity index (χ1) is 9.43. The SMILES string of the molecule is CCNc1nc(OCC(F)(F)F)c2cc(CC)sc2n1. The number of hydrogen-bond acceptors (Lipinski definition) is 5. The standard InChI is InChI=1S/C12H14F3N3OS/c1-3-7-5-8-9(19-6-12(13,14)15)17-11(16-4-2)18-10(8)20-7/h5H,3-4,6H2,1-2H3,(H,16,17,18). The lowest BCUT2D eigenvalue weighted by Gasteiger charge is -2.10. The number of nitrogens with zero attached hydrogens (tertiary/aromatic N) is 2. The summed E-state index contributed by atoms with van der Waals surface area (Å²) in [4.78, 5) is 9.93. The van der Waals surface area contributed by atoms with Crippen LogP contribution in [0.15, 0.2) is 6.07 Å². The van der Waals surface area contributed by atoms with Crippen LogP contribution < -0.4 is 10.1 Å². The van der Waals surface area contributed by atoms with Crippen LogP contribution >= 0.6 is 11.3 Å². The topological polar surface area (TPSA) is 47.0 Å². The first kappa shape index (κ1) is 14.8. The van der Waals surface area contributed by atoms with Crippen molar-refractivity contribution in [2.24, 2.45) is 0 Å². The minimum absolute atomic E-state index is 0.0285. The zero-order valence-electron chi connectivity index (χ0n) is 11.0. The first-order valence-corrected chi connectivity index (χ1v) is 6.98. The maximum Gasteiger partial charge on any atom is 0.422 e. The summed E-state index contributed by atoms with van der Waals surface area (Å²) in [6.45, 7) is 3.05. The van der Waals surface area contributed by atoms with Crippen LogP contribution in [0.3, 0.4) is 0 Å². The van der Waals surface area contributed by atoms with Crippen LogP contribution in [-0.4, -0.2) is 29.3 Å². The number of aromatic nitrogens is 2. The number of fused-ring (bicyclic) bond motifs is 1. The second kappa shape index (κ2) is 5.82. The molecule has 0 fully saturated rings. The van der Waals surface area contributed by atoms with Gasteiger partial charge in [-0.1, -0.05) is 6.92 Å². The van der Waals surface area contributed by atoms with E-state index in [1.165, 1.54) is 11.3 Å². The minimum atomic E-state index is -4.39. The molecule has 8 heteroatoms. The number of ether oxygens (including phenoxy) is 1. The molecular formula is C12H14F3N3OS. The monoisotopic (exact) mass is 305 g/mol. The lowest BCUT2D eigenvalue weighted by molar-refractivity contribution is -0.153. The lowest BCUT2D eigenvalue weighted by Crippen LogP contribution is -2.20. The molecule has 0 atom stereocenters. The Morgan fingerprint density at radius 3 is 2.65 bits per heavy atom. The molecule has 0 aliphatic heterocycles. The molecule has 1 N–H and O–H groups in total. The fourth-order valence-corrected chi connectivity index (χ4v) is 2.57. The van der Waals surface area contributed by atoms with Crippen LogP contribution in [0, 0.1) is 0 Å². The van der Waals surface area contributed by atoms with Gasteiger partial charge in [-0.3, -0.25) is 0 Å². The molecule has 4 nitrogen and oxygen atoms in total. The molecule has 0 spiro atoms. The summed E-state index contributed by atoms with van der Waals surface area (Å²) >= 11 is 1.43. The zero-order chi connectivity index (χ0) is 14.8. The molecule has 110 valence electrons. The summed E-state index contributed by atoms with van der Waals surface area (Å²) in [5, 5.41) is 3.41. The van der Waals surface area contributed by atoms with Crippen LogP contribution in [0.25, 0.3) is 10.2 Å². The largest absolute Gasteiger partial charge is 0.467 e. The quantitative estimate of drug-likeness (QED) is 0.916. The third-order valence-corrected chi connectivity index (χ3v) is 3.64. The minimum Gasteiger partial charge on any atom is -0.467 e. The van der Waals surface area contributed by atoms with Gasteiger partial charge in [0, 0.05) is 11.4 Å². The highest BCUT2D eigenvalue weighted by Crippen LogP contribution is 2.32. The Morgan fingerprint density at radius 1 is 1.30 bits per heavy atom. The summed E-state index contributed by atoms with van der Waals surface area (Å²) in [6.07, 6.45) is -3.60. The molecule has 0 saturated carbocycles. The van der Waals surface area contributed by atoms with Crippen molar-refractivity contribution >= 4 is 27.5 Å². The average molecular weight is 305 g/mol. The molecule has 0 unspecified atom stereocenters. The molecule has 0 aliphatic rings. The van der Waals surface area contributed by atoms with Gasteiger partial charge in [0.25, 0.3) is 0 Å². The maximum atomic E-state index is 12.3. The number of hydrogen-bond donors (Lipinski definition) is 1. The number of nitrogens with one attached hydrogen (secondary N) is 1. The summed E-state index contributed by atoms with van der Waals surface area (Å²) < 4.78 is 41.7. The van der Waals surface area contributed by atoms with Crippen molar-refractivity contribution in [3.8, 4) is 5.88 Å². The number of rotatable bonds is 5. The highest BCUT2D eigenvalue weighted by molar-refractivity contribution is 7.18. The van der Waals surface area contributed by atoms with Crippen molar-refractivity contribution in [1.82, 2.24) is 9.97 Å². The van der Waals surface area contributed by atoms with Crippen molar-refractivity contribution in [3.05, 3.63) is 10.9 Å². The molecule has 0 bridgehead atoms. The van der Waals surface area contributed by atoms with Crippen LogP contribution in [0.4, 0.5) is 19.1 Å². The van der Waals surface area contributed by atoms with E-state index in [0.29, 0.717) is 16.8 Å². The molecule has 2 rings (SSSR count). The molecule has 0 aliphatic carbocycles. The Hall–Kier alpha value is -1.57. The van der Waals surface area contributed by atoms with E-state index in [1.54, 1.807) is 6.07 Å². The van der Waals surface area contributed by atoms with Gasteiger partial charge in [-0.05, 0) is 19.4 Å². The highest BCUT2D eigenvalue weighted by atomic mass is 32.1. The predicted molar refractivity (Wildman–Crippen MR) is 72.5 cm³/mol. The molecular weight excluding hydrogens is 291 g/mol. The second-order valence-electron chi connectivity index (χ2n) is 4.07. The van der Waals surface area contributed by atoms with E-state index < -0.39 is 12.8 Å². The Bertz CT molecular complexity index is 597. The van der Waals surface area contributed by atoms with Gasteiger partial charge in [-0.15, -0.1) is 11.3 Å². The van der Waals surface area contributed by atoms with Gasteiger partial charge in [-0.2, -0.15) is 18.2 Å². The third-order valence-electron chi connectivity index (χ3n) is 2.46. The van der Waals surface area contributed by atoms with Gasteiger partial charge in [-0.25, -0.2) is 4.98 Å². The predicted octanol–water partition coefficient (Wildman–Crippen LogP) is 3.63. The van der Waals surface area contributed by atoms with Gasteiger partial charge in [0.1, 0.15) is 4.83 Å². The maximum absolute atomic E-state index is 12.3. The average Bonchev–Trinajstić information content (AvgIpc) is 2.78. The van der Waals surface area contributed by atoms with E-state index in [0.717, 1.165) is 11.3 Å². The number of alkyl halides is 3. The summed E-state index contributed by atoms with van der Waals surface area (Å²) in [7, 11) is 0. The van der Waals surface area contributed by atoms with Crippen molar-refractivity contribution in [2.45, 2.75) is 26.4 Å². The normalized spacial score (nSPS) is 11.8. The van der Waals surface area contributed by atoms with E-state index in [1.807, 2.05) is 13.8 Å². The first-order valence-electron chi connectivity index (χ1n) is 6.16. The van der Waals surface area contributed by atoms with Crippen LogP contribution in [-0.2, 0) is 6.42 Å². The summed E-state index contributed by atoms with van der Waals surface area (Å²) in [5.41, 5.74) is 0. The second-order valence-corrected chi connectivity index (χ2v) is 5.19. The van der Waals surface area contributed by atoms with Crippen molar-refractivity contribution in [3.63, 3.8) is 0 Å². The number of halogens is 3. The summed E-state index contributed by atoms with van der Waals surface area (Å²) in [6, 6.07) is 1.78. The Balaban J connectivity index is 2.40. The van der Waals surface area contributed by atoms with Gasteiger partial charge in [0.2, 0.25) is 11.8 Å². The van der Waals surface area contributed by atoms with Crippen molar-refractivity contribution < 1.29 is 17.9 Å². The number of thiophene rings is 1. The van der Waals surface area contributed by atoms with Crippen molar-refractivity contribution in [1.29, 1.82) is 0 Å². The van der Waals surface area contributed by atoms with Gasteiger partial charge >= 0.3 is 6.18 Å². The van der Waals surface area contributed by atoms with E-state index in [2.05, 4.69) is 15.3 Å². The zero-order valence-corrected chi connectivity index (χ0v) is 11.9. The van der Waals surface area contributed by atoms with Gasteiger partial charge < -0.3 is 10.1 Å². The molecule has 20 heavy (non-hydrogen) atoms. The Kier molecular flexibility index (Phi) is 4.32. The van der Waals surface area contributed by atoms with E-state index in [9.17, 15) is 13.2 Å². The lowest BCUT2D eigenvalue weighted by atomic mass is 10.3. The van der Waals surface area contributed by atoms with Gasteiger partial charge in [0.05, 0.1) is 5.39 Å². The third kappa shape index (κ3) is 3.50. The van der Waals surface area contributed by atoms with Crippen molar-refractivity contribution in [2.75, 3.05) is 18.5 Å². The van der Waals surface area contributed by atoms with Crippen LogP contribution in [0.5, 0.6) is 5.88 Å². The Morgan fingerprint density at radius 2 is 2.05 bits per heavy atom. The Labute approximate surface area is 118 Å². The molecule has 0 saturated heterocycles. The van der Waals surface area contributed by atoms with Crippen LogP contribution in [0.1, 0.15) is 18.7 Å². The van der Waals surface area contributed by atoms with Gasteiger partial charge in [0.15, 0.2) is 6.61 Å². The fourth-order valence-electron chi connectivity index (χ4n) is 1.62. The molecule has 0 aromatic carbocycles. The smallest absolute Gasteiger partial charge is 0.422 e. The number of aryl methyl sites for hydroxylation is 1. The number of anilines is 1. The molecule has 0 radical (unpaired) electrons. The molecule has 2 heterocycles. The molecule has 0 amide bonds. The molecule has 2 aromatic heterocycles. The fraction of sp³-hybridized carbons (Fsp3) is 0.500. The van der Waals surface area contributed by atoms with E-state index >= 15 is 0 Å². The van der Waals surface area contributed by atoms with E-state index in [-0.39, 0.29) is 11.8 Å². The highest BCUT2D eigenvalue weighted by Gasteiger charge is 2.29. The molecule has 2 aromatic rings.